The Morgan fingerprint density at radius 1 is 1.62 bits per heavy atom. The number of aliphatic carboxylic acids is 1. The highest BCUT2D eigenvalue weighted by Crippen LogP contribution is 2.24. The van der Waals surface area contributed by atoms with Gasteiger partial charge in [0, 0.05) is 16.9 Å². The van der Waals surface area contributed by atoms with E-state index in [1.54, 1.807) is 19.3 Å². The Morgan fingerprint density at radius 2 is 2.23 bits per heavy atom. The van der Waals surface area contributed by atoms with Crippen LogP contribution in [0.4, 0.5) is 0 Å². The molecular weight excluding hydrogens is 234 g/mol. The zero-order chi connectivity index (χ0) is 10.0. The van der Waals surface area contributed by atoms with Gasteiger partial charge in [-0.3, -0.25) is 9.78 Å². The van der Waals surface area contributed by atoms with Crippen LogP contribution < -0.4 is 0 Å². The fourth-order valence-corrected chi connectivity index (χ4v) is 1.43. The average molecular weight is 244 g/mol. The predicted octanol–water partition coefficient (Wildman–Crippen LogP) is 2.34. The first-order valence-electron chi connectivity index (χ1n) is 3.87. The fourth-order valence-electron chi connectivity index (χ4n) is 1.08. The molecule has 4 heteroatoms. The van der Waals surface area contributed by atoms with Crippen molar-refractivity contribution in [2.24, 2.45) is 0 Å². The van der Waals surface area contributed by atoms with Gasteiger partial charge < -0.3 is 5.11 Å². The summed E-state index contributed by atoms with van der Waals surface area (Å²) in [4.78, 5) is 14.7. The molecule has 1 N–H and O–H groups in total. The first kappa shape index (κ1) is 10.2. The fraction of sp³-hybridized carbons (Fsp3) is 0.333. The van der Waals surface area contributed by atoms with Gasteiger partial charge in [0.25, 0.3) is 0 Å². The van der Waals surface area contributed by atoms with Crippen molar-refractivity contribution in [2.45, 2.75) is 19.8 Å². The summed E-state index contributed by atoms with van der Waals surface area (Å²) < 4.78 is 0.845. The maximum atomic E-state index is 10.7. The first-order chi connectivity index (χ1) is 6.04. The Morgan fingerprint density at radius 3 is 2.77 bits per heavy atom. The molecule has 0 aliphatic heterocycles. The minimum absolute atomic E-state index is 0.509. The second kappa shape index (κ2) is 3.87. The van der Waals surface area contributed by atoms with Crippen LogP contribution >= 0.6 is 15.9 Å². The average Bonchev–Trinajstić information content (AvgIpc) is 2.08. The number of halogens is 1. The summed E-state index contributed by atoms with van der Waals surface area (Å²) in [6, 6.07) is 0. The molecule has 1 aromatic rings. The van der Waals surface area contributed by atoms with Crippen LogP contribution in [0, 0.1) is 6.92 Å². The van der Waals surface area contributed by atoms with Crippen LogP contribution in [0.2, 0.25) is 0 Å². The molecule has 1 rings (SSSR count). The van der Waals surface area contributed by atoms with E-state index in [9.17, 15) is 4.79 Å². The number of hydrogen-bond acceptors (Lipinski definition) is 2. The Balaban J connectivity index is 3.15. The zero-order valence-corrected chi connectivity index (χ0v) is 9.00. The highest BCUT2D eigenvalue weighted by molar-refractivity contribution is 9.10. The maximum absolute atomic E-state index is 10.7. The van der Waals surface area contributed by atoms with E-state index in [1.807, 2.05) is 6.92 Å². The van der Waals surface area contributed by atoms with E-state index in [0.29, 0.717) is 0 Å². The number of nitrogens with zero attached hydrogens (tertiary/aromatic N) is 1. The van der Waals surface area contributed by atoms with Crippen LogP contribution in [-0.4, -0.2) is 16.1 Å². The lowest BCUT2D eigenvalue weighted by Crippen LogP contribution is -2.09. The lowest BCUT2D eigenvalue weighted by molar-refractivity contribution is -0.138. The molecule has 0 bridgehead atoms. The van der Waals surface area contributed by atoms with Gasteiger partial charge >= 0.3 is 5.97 Å². The van der Waals surface area contributed by atoms with Gasteiger partial charge in [0.05, 0.1) is 5.92 Å². The van der Waals surface area contributed by atoms with Gasteiger partial charge in [0.1, 0.15) is 0 Å². The van der Waals surface area contributed by atoms with Gasteiger partial charge in [-0.1, -0.05) is 0 Å². The number of aromatic nitrogens is 1. The largest absolute Gasteiger partial charge is 0.481 e. The van der Waals surface area contributed by atoms with E-state index >= 15 is 0 Å². The highest BCUT2D eigenvalue weighted by atomic mass is 79.9. The summed E-state index contributed by atoms with van der Waals surface area (Å²) in [5.41, 5.74) is 1.69. The molecule has 0 saturated heterocycles. The van der Waals surface area contributed by atoms with E-state index in [2.05, 4.69) is 20.9 Å². The molecule has 1 atom stereocenters. The summed E-state index contributed by atoms with van der Waals surface area (Å²) in [7, 11) is 0. The predicted molar refractivity (Wildman–Crippen MR) is 52.7 cm³/mol. The smallest absolute Gasteiger partial charge is 0.310 e. The third-order valence-electron chi connectivity index (χ3n) is 2.03. The lowest BCUT2D eigenvalue weighted by Gasteiger charge is -2.10. The van der Waals surface area contributed by atoms with Crippen molar-refractivity contribution >= 4 is 21.9 Å². The molecular formula is C9H10BrNO2. The van der Waals surface area contributed by atoms with Gasteiger partial charge in [0.15, 0.2) is 0 Å². The third kappa shape index (κ3) is 2.06. The van der Waals surface area contributed by atoms with E-state index in [-0.39, 0.29) is 0 Å². The molecule has 70 valence electrons. The molecule has 0 spiro atoms. The van der Waals surface area contributed by atoms with Gasteiger partial charge in [-0.05, 0) is 40.9 Å². The molecule has 0 saturated carbocycles. The Bertz CT molecular complexity index is 338. The van der Waals surface area contributed by atoms with Crippen LogP contribution in [-0.2, 0) is 4.79 Å². The zero-order valence-electron chi connectivity index (χ0n) is 7.41. The maximum Gasteiger partial charge on any atom is 0.310 e. The van der Waals surface area contributed by atoms with Gasteiger partial charge in [-0.25, -0.2) is 0 Å². The number of carboxylic acids is 1. The second-order valence-corrected chi connectivity index (χ2v) is 3.75. The molecule has 0 aromatic carbocycles. The number of hydrogen-bond donors (Lipinski definition) is 1. The Labute approximate surface area is 84.9 Å². The van der Waals surface area contributed by atoms with Crippen LogP contribution in [0.25, 0.3) is 0 Å². The molecule has 0 aliphatic carbocycles. The number of carboxylic acid groups (broad SMARTS) is 1. The molecule has 0 fully saturated rings. The summed E-state index contributed by atoms with van der Waals surface area (Å²) >= 11 is 3.31. The molecule has 1 heterocycles. The van der Waals surface area contributed by atoms with Crippen molar-refractivity contribution in [1.29, 1.82) is 0 Å². The SMILES string of the molecule is Cc1c(Br)cncc1C(C)C(=O)O. The quantitative estimate of drug-likeness (QED) is 0.868. The van der Waals surface area contributed by atoms with Crippen molar-refractivity contribution < 1.29 is 9.90 Å². The second-order valence-electron chi connectivity index (χ2n) is 2.90. The summed E-state index contributed by atoms with van der Waals surface area (Å²) in [5.74, 6) is -1.34. The van der Waals surface area contributed by atoms with Gasteiger partial charge in [-0.2, -0.15) is 0 Å². The van der Waals surface area contributed by atoms with Gasteiger partial charge in [0.2, 0.25) is 0 Å². The molecule has 0 radical (unpaired) electrons. The van der Waals surface area contributed by atoms with Crippen LogP contribution in [0.15, 0.2) is 16.9 Å². The minimum atomic E-state index is -0.831. The van der Waals surface area contributed by atoms with Crippen molar-refractivity contribution in [3.05, 3.63) is 28.0 Å². The lowest BCUT2D eigenvalue weighted by atomic mass is 9.99. The molecule has 0 aliphatic rings. The van der Waals surface area contributed by atoms with Crippen LogP contribution in [0.3, 0.4) is 0 Å². The van der Waals surface area contributed by atoms with E-state index in [0.717, 1.165) is 15.6 Å². The first-order valence-corrected chi connectivity index (χ1v) is 4.66. The van der Waals surface area contributed by atoms with Gasteiger partial charge in [-0.15, -0.1) is 0 Å². The molecule has 1 aromatic heterocycles. The van der Waals surface area contributed by atoms with E-state index < -0.39 is 11.9 Å². The minimum Gasteiger partial charge on any atom is -0.481 e. The van der Waals surface area contributed by atoms with Crippen molar-refractivity contribution in [3.63, 3.8) is 0 Å². The third-order valence-corrected chi connectivity index (χ3v) is 2.83. The summed E-state index contributed by atoms with van der Waals surface area (Å²) in [5, 5.41) is 8.81. The number of carbonyl (C=O) groups is 1. The van der Waals surface area contributed by atoms with E-state index in [4.69, 9.17) is 5.11 Å². The molecule has 13 heavy (non-hydrogen) atoms. The van der Waals surface area contributed by atoms with Crippen molar-refractivity contribution in [1.82, 2.24) is 4.98 Å². The number of pyridine rings is 1. The van der Waals surface area contributed by atoms with Crippen LogP contribution in [0.1, 0.15) is 24.0 Å². The Hall–Kier alpha value is -0.900. The van der Waals surface area contributed by atoms with Crippen molar-refractivity contribution in [2.75, 3.05) is 0 Å². The summed E-state index contributed by atoms with van der Waals surface area (Å²) in [6.45, 7) is 3.53. The number of rotatable bonds is 2. The normalized spacial score (nSPS) is 12.5. The molecule has 0 amide bonds. The topological polar surface area (TPSA) is 50.2 Å². The monoisotopic (exact) mass is 243 g/mol. The Kier molecular flexibility index (Phi) is 3.03. The van der Waals surface area contributed by atoms with Crippen molar-refractivity contribution in [3.8, 4) is 0 Å². The molecule has 3 nitrogen and oxygen atoms in total. The molecule has 1 unspecified atom stereocenters. The van der Waals surface area contributed by atoms with Crippen LogP contribution in [0.5, 0.6) is 0 Å². The van der Waals surface area contributed by atoms with E-state index in [1.165, 1.54) is 0 Å². The summed E-state index contributed by atoms with van der Waals surface area (Å²) in [6.07, 6.45) is 3.26. The highest BCUT2D eigenvalue weighted by Gasteiger charge is 2.16. The standard InChI is InChI=1S/C9H10BrNO2/c1-5-7(6(2)9(12)13)3-11-4-8(5)10/h3-4,6H,1-2H3,(H,12,13).